The van der Waals surface area contributed by atoms with Crippen LogP contribution in [0.15, 0.2) is 0 Å². The molecule has 1 aliphatic rings. The second kappa shape index (κ2) is 3.85. The smallest absolute Gasteiger partial charge is 0.0597 e. The van der Waals surface area contributed by atoms with Crippen LogP contribution in [0, 0.1) is 0 Å². The van der Waals surface area contributed by atoms with E-state index in [1.165, 1.54) is 19.3 Å². The van der Waals surface area contributed by atoms with Crippen molar-refractivity contribution in [3.05, 3.63) is 0 Å². The van der Waals surface area contributed by atoms with E-state index in [9.17, 15) is 0 Å². The minimum absolute atomic E-state index is 0.596. The topological polar surface area (TPSA) is 21.3 Å². The van der Waals surface area contributed by atoms with Gasteiger partial charge < -0.3 is 10.1 Å². The van der Waals surface area contributed by atoms with Crippen LogP contribution in [0.1, 0.15) is 19.3 Å². The van der Waals surface area contributed by atoms with Crippen LogP contribution >= 0.6 is 0 Å². The normalized spacial score (nSPS) is 25.7. The first-order chi connectivity index (χ1) is 4.43. The van der Waals surface area contributed by atoms with Crippen LogP contribution in [0.5, 0.6) is 0 Å². The van der Waals surface area contributed by atoms with Gasteiger partial charge in [-0.2, -0.15) is 0 Å². The van der Waals surface area contributed by atoms with Gasteiger partial charge in [0.15, 0.2) is 0 Å². The molecule has 1 saturated heterocycles. The number of nitrogens with one attached hydrogen (secondary N) is 1. The highest BCUT2D eigenvalue weighted by Crippen LogP contribution is 2.15. The molecule has 1 unspecified atom stereocenters. The third-order valence-corrected chi connectivity index (χ3v) is 1.75. The highest BCUT2D eigenvalue weighted by molar-refractivity contribution is 4.66. The summed E-state index contributed by atoms with van der Waals surface area (Å²) in [5.74, 6) is 0. The van der Waals surface area contributed by atoms with Crippen LogP contribution in [-0.4, -0.2) is 26.3 Å². The molecule has 1 aliphatic heterocycles. The van der Waals surface area contributed by atoms with Gasteiger partial charge in [0.05, 0.1) is 6.10 Å². The van der Waals surface area contributed by atoms with Crippen LogP contribution in [0.25, 0.3) is 0 Å². The van der Waals surface area contributed by atoms with Crippen molar-refractivity contribution in [1.82, 2.24) is 5.32 Å². The first kappa shape index (κ1) is 7.03. The van der Waals surface area contributed by atoms with Gasteiger partial charge in [-0.15, -0.1) is 0 Å². The molecule has 1 N–H and O–H groups in total. The second-order valence-corrected chi connectivity index (χ2v) is 2.53. The van der Waals surface area contributed by atoms with Crippen molar-refractivity contribution in [3.8, 4) is 0 Å². The summed E-state index contributed by atoms with van der Waals surface area (Å²) >= 11 is 0. The van der Waals surface area contributed by atoms with E-state index < -0.39 is 0 Å². The van der Waals surface area contributed by atoms with Crippen LogP contribution in [0.4, 0.5) is 0 Å². The molecule has 1 rings (SSSR count). The Balaban J connectivity index is 1.80. The molecule has 0 radical (unpaired) electrons. The molecule has 1 fully saturated rings. The number of hydrogen-bond donors (Lipinski definition) is 1. The minimum atomic E-state index is 0.596. The molecule has 0 amide bonds. The molecule has 0 aromatic rings. The largest absolute Gasteiger partial charge is 0.378 e. The average molecular weight is 129 g/mol. The van der Waals surface area contributed by atoms with Crippen molar-refractivity contribution in [3.63, 3.8) is 0 Å². The zero-order chi connectivity index (χ0) is 6.53. The maximum atomic E-state index is 5.25. The summed E-state index contributed by atoms with van der Waals surface area (Å²) in [5, 5.41) is 3.12. The lowest BCUT2D eigenvalue weighted by atomic mass is 10.1. The highest BCUT2D eigenvalue weighted by Gasteiger charge is 2.16. The van der Waals surface area contributed by atoms with Crippen LogP contribution < -0.4 is 5.32 Å². The van der Waals surface area contributed by atoms with Crippen molar-refractivity contribution in [2.24, 2.45) is 0 Å². The summed E-state index contributed by atoms with van der Waals surface area (Å²) in [6, 6.07) is 0. The molecule has 0 spiro atoms. The van der Waals surface area contributed by atoms with E-state index in [0.29, 0.717) is 6.10 Å². The first-order valence-electron chi connectivity index (χ1n) is 3.69. The van der Waals surface area contributed by atoms with Crippen LogP contribution in [0.3, 0.4) is 0 Å². The standard InChI is InChI=1S/C7H15NO/c1-8-5-2-3-7-4-6-9-7/h7-8H,2-6H2,1H3. The molecule has 54 valence electrons. The lowest BCUT2D eigenvalue weighted by Gasteiger charge is -2.26. The van der Waals surface area contributed by atoms with E-state index in [-0.39, 0.29) is 0 Å². The molecule has 9 heavy (non-hydrogen) atoms. The maximum Gasteiger partial charge on any atom is 0.0597 e. The third kappa shape index (κ3) is 2.33. The van der Waals surface area contributed by atoms with E-state index in [2.05, 4.69) is 5.32 Å². The Morgan fingerprint density at radius 1 is 1.67 bits per heavy atom. The molecule has 2 nitrogen and oxygen atoms in total. The number of hydrogen-bond acceptors (Lipinski definition) is 2. The summed E-state index contributed by atoms with van der Waals surface area (Å²) < 4.78 is 5.25. The Hall–Kier alpha value is -0.0800. The van der Waals surface area contributed by atoms with Crippen molar-refractivity contribution in [2.75, 3.05) is 20.2 Å². The fraction of sp³-hybridized carbons (Fsp3) is 1.00. The van der Waals surface area contributed by atoms with Gasteiger partial charge in [0.2, 0.25) is 0 Å². The summed E-state index contributed by atoms with van der Waals surface area (Å²) in [5.41, 5.74) is 0. The zero-order valence-corrected chi connectivity index (χ0v) is 6.02. The van der Waals surface area contributed by atoms with Gasteiger partial charge in [-0.25, -0.2) is 0 Å². The molecule has 2 heteroatoms. The predicted octanol–water partition coefficient (Wildman–Crippen LogP) is 0.775. The molecular weight excluding hydrogens is 114 g/mol. The fourth-order valence-corrected chi connectivity index (χ4v) is 1.02. The molecule has 0 aliphatic carbocycles. The van der Waals surface area contributed by atoms with Crippen molar-refractivity contribution in [1.29, 1.82) is 0 Å². The number of ether oxygens (including phenoxy) is 1. The quantitative estimate of drug-likeness (QED) is 0.566. The van der Waals surface area contributed by atoms with E-state index >= 15 is 0 Å². The molecule has 1 heterocycles. The predicted molar refractivity (Wildman–Crippen MR) is 37.5 cm³/mol. The molecule has 0 bridgehead atoms. The Morgan fingerprint density at radius 3 is 2.89 bits per heavy atom. The van der Waals surface area contributed by atoms with Crippen molar-refractivity contribution >= 4 is 0 Å². The second-order valence-electron chi connectivity index (χ2n) is 2.53. The molecule has 0 aromatic heterocycles. The number of rotatable bonds is 4. The SMILES string of the molecule is CNCCCC1CCO1. The summed E-state index contributed by atoms with van der Waals surface area (Å²) in [4.78, 5) is 0. The highest BCUT2D eigenvalue weighted by atomic mass is 16.5. The minimum Gasteiger partial charge on any atom is -0.378 e. The average Bonchev–Trinajstić information content (AvgIpc) is 1.76. The monoisotopic (exact) mass is 129 g/mol. The molecule has 1 atom stereocenters. The Kier molecular flexibility index (Phi) is 3.01. The Bertz CT molecular complexity index is 71.3. The molecule has 0 saturated carbocycles. The van der Waals surface area contributed by atoms with Gasteiger partial charge in [0, 0.05) is 6.61 Å². The van der Waals surface area contributed by atoms with E-state index in [4.69, 9.17) is 4.74 Å². The maximum absolute atomic E-state index is 5.25. The van der Waals surface area contributed by atoms with Crippen molar-refractivity contribution in [2.45, 2.75) is 25.4 Å². The summed E-state index contributed by atoms with van der Waals surface area (Å²) in [6.07, 6.45) is 4.37. The Labute approximate surface area is 56.6 Å². The van der Waals surface area contributed by atoms with Gasteiger partial charge in [-0.3, -0.25) is 0 Å². The van der Waals surface area contributed by atoms with Crippen LogP contribution in [0.2, 0.25) is 0 Å². The van der Waals surface area contributed by atoms with Gasteiger partial charge in [-0.05, 0) is 32.9 Å². The van der Waals surface area contributed by atoms with E-state index in [1.807, 2.05) is 7.05 Å². The van der Waals surface area contributed by atoms with Crippen molar-refractivity contribution < 1.29 is 4.74 Å². The third-order valence-electron chi connectivity index (χ3n) is 1.75. The first-order valence-corrected chi connectivity index (χ1v) is 3.69. The van der Waals surface area contributed by atoms with Gasteiger partial charge in [0.1, 0.15) is 0 Å². The lowest BCUT2D eigenvalue weighted by Crippen LogP contribution is -2.27. The summed E-state index contributed by atoms with van der Waals surface area (Å²) in [7, 11) is 1.99. The van der Waals surface area contributed by atoms with E-state index in [1.54, 1.807) is 0 Å². The zero-order valence-electron chi connectivity index (χ0n) is 6.02. The fourth-order valence-electron chi connectivity index (χ4n) is 1.02. The van der Waals surface area contributed by atoms with E-state index in [0.717, 1.165) is 13.2 Å². The van der Waals surface area contributed by atoms with Gasteiger partial charge in [0.25, 0.3) is 0 Å². The van der Waals surface area contributed by atoms with Crippen LogP contribution in [-0.2, 0) is 4.74 Å². The molecular formula is C7H15NO. The Morgan fingerprint density at radius 2 is 2.44 bits per heavy atom. The van der Waals surface area contributed by atoms with Gasteiger partial charge in [-0.1, -0.05) is 0 Å². The summed E-state index contributed by atoms with van der Waals surface area (Å²) in [6.45, 7) is 2.12. The molecule has 0 aromatic carbocycles. The lowest BCUT2D eigenvalue weighted by molar-refractivity contribution is -0.0551. The van der Waals surface area contributed by atoms with Gasteiger partial charge >= 0.3 is 0 Å².